The van der Waals surface area contributed by atoms with E-state index in [4.69, 9.17) is 4.42 Å². The molecule has 2 aromatic carbocycles. The van der Waals surface area contributed by atoms with E-state index in [1.54, 1.807) is 12.1 Å². The molecule has 0 amide bonds. The molecule has 0 spiro atoms. The van der Waals surface area contributed by atoms with Gasteiger partial charge in [0.05, 0.1) is 11.1 Å². The van der Waals surface area contributed by atoms with E-state index >= 15 is 0 Å². The van der Waals surface area contributed by atoms with Crippen molar-refractivity contribution in [3.05, 3.63) is 88.4 Å². The van der Waals surface area contributed by atoms with E-state index in [1.807, 2.05) is 37.3 Å². The van der Waals surface area contributed by atoms with Crippen LogP contribution in [0.4, 0.5) is 0 Å². The van der Waals surface area contributed by atoms with Gasteiger partial charge in [-0.1, -0.05) is 43.3 Å². The topological polar surface area (TPSA) is 67.5 Å². The van der Waals surface area contributed by atoms with Gasteiger partial charge in [-0.2, -0.15) is 0 Å². The lowest BCUT2D eigenvalue weighted by Gasteiger charge is -2.13. The molecule has 0 saturated heterocycles. The van der Waals surface area contributed by atoms with Crippen molar-refractivity contribution in [2.45, 2.75) is 12.8 Å². The van der Waals surface area contributed by atoms with Crippen LogP contribution in [0.25, 0.3) is 0 Å². The number of carbonyl (C=O) groups excluding carboxylic acids is 2. The first-order valence-corrected chi connectivity index (χ1v) is 7.68. The fourth-order valence-corrected chi connectivity index (χ4v) is 3.09. The van der Waals surface area contributed by atoms with Crippen LogP contribution in [-0.2, 0) is 0 Å². The molecule has 4 rings (SSSR count). The Morgan fingerprint density at radius 1 is 0.917 bits per heavy atom. The summed E-state index contributed by atoms with van der Waals surface area (Å²) in [6.45, 7) is 1.96. The van der Waals surface area contributed by atoms with Gasteiger partial charge < -0.3 is 9.52 Å². The molecule has 1 unspecified atom stereocenters. The normalized spacial score (nSPS) is 14.2. The molecule has 118 valence electrons. The lowest BCUT2D eigenvalue weighted by atomic mass is 9.87. The molecule has 1 atom stereocenters. The monoisotopic (exact) mass is 318 g/mol. The van der Waals surface area contributed by atoms with Crippen molar-refractivity contribution in [1.82, 2.24) is 0 Å². The van der Waals surface area contributed by atoms with Crippen LogP contribution in [-0.4, -0.2) is 16.7 Å². The van der Waals surface area contributed by atoms with Crippen LogP contribution in [0.2, 0.25) is 0 Å². The molecule has 4 heteroatoms. The minimum Gasteiger partial charge on any atom is -0.507 e. The number of rotatable bonds is 2. The molecule has 3 aromatic rings. The highest BCUT2D eigenvalue weighted by molar-refractivity contribution is 6.28. The highest BCUT2D eigenvalue weighted by Gasteiger charge is 2.36. The van der Waals surface area contributed by atoms with E-state index in [9.17, 15) is 14.7 Å². The molecular formula is C20H14O4. The number of phenols is 1. The standard InChI is InChI=1S/C20H14O4/c1-11(12-6-3-2-4-7-12)16-10-14-18(22)17-13(8-5-9-15(17)21)19(23)20(14)24-16/h2-11,21H,1H3. The first-order chi connectivity index (χ1) is 11.6. The molecular weight excluding hydrogens is 304 g/mol. The van der Waals surface area contributed by atoms with E-state index in [0.717, 1.165) is 5.56 Å². The number of hydrogen-bond donors (Lipinski definition) is 1. The second-order valence-electron chi connectivity index (χ2n) is 5.88. The van der Waals surface area contributed by atoms with Crippen LogP contribution < -0.4 is 0 Å². The number of hydrogen-bond acceptors (Lipinski definition) is 4. The quantitative estimate of drug-likeness (QED) is 0.608. The van der Waals surface area contributed by atoms with Gasteiger partial charge in [-0.25, -0.2) is 0 Å². The second-order valence-corrected chi connectivity index (χ2v) is 5.88. The summed E-state index contributed by atoms with van der Waals surface area (Å²) in [5.41, 5.74) is 1.48. The van der Waals surface area contributed by atoms with Gasteiger partial charge in [0.1, 0.15) is 11.5 Å². The van der Waals surface area contributed by atoms with Crippen LogP contribution in [0.3, 0.4) is 0 Å². The van der Waals surface area contributed by atoms with Gasteiger partial charge in [0, 0.05) is 11.5 Å². The van der Waals surface area contributed by atoms with E-state index < -0.39 is 0 Å². The smallest absolute Gasteiger partial charge is 0.229 e. The summed E-state index contributed by atoms with van der Waals surface area (Å²) in [6, 6.07) is 15.8. The number of carbonyl (C=O) groups is 2. The maximum absolute atomic E-state index is 12.7. The first-order valence-electron chi connectivity index (χ1n) is 7.68. The summed E-state index contributed by atoms with van der Waals surface area (Å²) in [5, 5.41) is 9.96. The highest BCUT2D eigenvalue weighted by Crippen LogP contribution is 2.36. The number of fused-ring (bicyclic) bond motifs is 2. The maximum Gasteiger partial charge on any atom is 0.229 e. The molecule has 0 bridgehead atoms. The van der Waals surface area contributed by atoms with E-state index in [-0.39, 0.29) is 45.7 Å². The predicted octanol–water partition coefficient (Wildman–Crippen LogP) is 3.91. The second kappa shape index (κ2) is 5.20. The summed E-state index contributed by atoms with van der Waals surface area (Å²) in [6.07, 6.45) is 0. The van der Waals surface area contributed by atoms with Crippen molar-refractivity contribution in [1.29, 1.82) is 0 Å². The van der Waals surface area contributed by atoms with Gasteiger partial charge in [-0.15, -0.1) is 0 Å². The number of phenolic OH excluding ortho intramolecular Hbond substituents is 1. The summed E-state index contributed by atoms with van der Waals surface area (Å²) >= 11 is 0. The molecule has 24 heavy (non-hydrogen) atoms. The Balaban J connectivity index is 1.83. The molecule has 0 fully saturated rings. The van der Waals surface area contributed by atoms with Gasteiger partial charge in [0.15, 0.2) is 5.76 Å². The SMILES string of the molecule is CC(c1ccccc1)c1cc2c(o1)C(=O)c1cccc(O)c1C2=O. The van der Waals surface area contributed by atoms with E-state index in [2.05, 4.69) is 0 Å². The fourth-order valence-electron chi connectivity index (χ4n) is 3.09. The number of ketones is 2. The molecule has 0 saturated carbocycles. The molecule has 0 radical (unpaired) electrons. The van der Waals surface area contributed by atoms with Crippen molar-refractivity contribution in [2.24, 2.45) is 0 Å². The van der Waals surface area contributed by atoms with Crippen molar-refractivity contribution >= 4 is 11.6 Å². The van der Waals surface area contributed by atoms with Crippen molar-refractivity contribution in [3.63, 3.8) is 0 Å². The average molecular weight is 318 g/mol. The summed E-state index contributed by atoms with van der Waals surface area (Å²) in [5.74, 6) is -0.421. The van der Waals surface area contributed by atoms with E-state index in [1.165, 1.54) is 12.1 Å². The maximum atomic E-state index is 12.7. The Hall–Kier alpha value is -3.14. The summed E-state index contributed by atoms with van der Waals surface area (Å²) in [4.78, 5) is 25.3. The zero-order valence-corrected chi connectivity index (χ0v) is 12.9. The largest absolute Gasteiger partial charge is 0.507 e. The third kappa shape index (κ3) is 2.00. The third-order valence-electron chi connectivity index (χ3n) is 4.44. The number of aromatic hydroxyl groups is 1. The van der Waals surface area contributed by atoms with Crippen LogP contribution in [0, 0.1) is 0 Å². The first kappa shape index (κ1) is 14.5. The van der Waals surface area contributed by atoms with Gasteiger partial charge in [-0.3, -0.25) is 9.59 Å². The van der Waals surface area contributed by atoms with Gasteiger partial charge in [-0.05, 0) is 23.8 Å². The summed E-state index contributed by atoms with van der Waals surface area (Å²) < 4.78 is 5.75. The Labute approximate surface area is 138 Å². The minimum atomic E-state index is -0.382. The van der Waals surface area contributed by atoms with Gasteiger partial charge in [0.2, 0.25) is 11.6 Å². The molecule has 4 nitrogen and oxygen atoms in total. The number of benzene rings is 2. The molecule has 1 N–H and O–H groups in total. The lowest BCUT2D eigenvalue weighted by Crippen LogP contribution is -2.19. The van der Waals surface area contributed by atoms with Crippen LogP contribution in [0.1, 0.15) is 56.2 Å². The Morgan fingerprint density at radius 2 is 1.67 bits per heavy atom. The zero-order valence-electron chi connectivity index (χ0n) is 12.9. The van der Waals surface area contributed by atoms with Crippen molar-refractivity contribution in [2.75, 3.05) is 0 Å². The average Bonchev–Trinajstić information content (AvgIpc) is 3.05. The fraction of sp³-hybridized carbons (Fsp3) is 0.100. The van der Waals surface area contributed by atoms with Crippen LogP contribution in [0.15, 0.2) is 59.0 Å². The van der Waals surface area contributed by atoms with Gasteiger partial charge in [0.25, 0.3) is 0 Å². The van der Waals surface area contributed by atoms with E-state index in [0.29, 0.717) is 5.76 Å². The molecule has 1 aromatic heterocycles. The molecule has 1 aliphatic rings. The zero-order chi connectivity index (χ0) is 16.8. The Bertz CT molecular complexity index is 967. The van der Waals surface area contributed by atoms with Crippen LogP contribution >= 0.6 is 0 Å². The minimum absolute atomic E-state index is 0.0507. The molecule has 0 aliphatic heterocycles. The Morgan fingerprint density at radius 3 is 2.42 bits per heavy atom. The third-order valence-corrected chi connectivity index (χ3v) is 4.44. The Kier molecular flexibility index (Phi) is 3.13. The summed E-state index contributed by atoms with van der Waals surface area (Å²) in [7, 11) is 0. The number of furan rings is 1. The molecule has 1 aliphatic carbocycles. The van der Waals surface area contributed by atoms with Crippen LogP contribution in [0.5, 0.6) is 5.75 Å². The van der Waals surface area contributed by atoms with Gasteiger partial charge >= 0.3 is 0 Å². The predicted molar refractivity (Wildman–Crippen MR) is 87.6 cm³/mol. The molecule has 1 heterocycles. The van der Waals surface area contributed by atoms with Crippen molar-refractivity contribution in [3.8, 4) is 5.75 Å². The van der Waals surface area contributed by atoms with Crippen molar-refractivity contribution < 1.29 is 19.1 Å². The highest BCUT2D eigenvalue weighted by atomic mass is 16.4. The lowest BCUT2D eigenvalue weighted by molar-refractivity contribution is 0.0957.